The average molecular weight is 233 g/mol. The van der Waals surface area contributed by atoms with E-state index in [1.165, 1.54) is 0 Å². The van der Waals surface area contributed by atoms with Crippen molar-refractivity contribution in [2.24, 2.45) is 0 Å². The second-order valence-corrected chi connectivity index (χ2v) is 3.75. The molecule has 1 amide bonds. The summed E-state index contributed by atoms with van der Waals surface area (Å²) >= 11 is 0. The largest absolute Gasteiger partial charge is 0.429 e. The summed E-state index contributed by atoms with van der Waals surface area (Å²) in [5.74, 6) is 0.229. The molecule has 0 saturated carbocycles. The Balaban J connectivity index is 2.79. The van der Waals surface area contributed by atoms with E-state index in [0.717, 1.165) is 0 Å². The highest BCUT2D eigenvalue weighted by Gasteiger charge is 2.07. The lowest BCUT2D eigenvalue weighted by molar-refractivity contribution is -0.124. The lowest BCUT2D eigenvalue weighted by Gasteiger charge is -2.09. The van der Waals surface area contributed by atoms with Gasteiger partial charge in [-0.1, -0.05) is 12.2 Å². The van der Waals surface area contributed by atoms with Gasteiger partial charge >= 0.3 is 0 Å². The molecule has 0 bridgehead atoms. The van der Waals surface area contributed by atoms with E-state index >= 15 is 0 Å². The Hall–Kier alpha value is -2.10. The van der Waals surface area contributed by atoms with Gasteiger partial charge in [0.05, 0.1) is 0 Å². The zero-order chi connectivity index (χ0) is 12.7. The lowest BCUT2D eigenvalue weighted by Crippen LogP contribution is -2.30. The number of rotatable bonds is 4. The first-order valence-electron chi connectivity index (χ1n) is 5.31. The van der Waals surface area contributed by atoms with Crippen LogP contribution in [0.25, 0.3) is 0 Å². The topological polar surface area (TPSA) is 55.4 Å². The summed E-state index contributed by atoms with van der Waals surface area (Å²) in [5, 5.41) is 2.79. The third-order valence-corrected chi connectivity index (χ3v) is 1.94. The van der Waals surface area contributed by atoms with E-state index in [1.807, 2.05) is 13.8 Å². The Labute approximate surface area is 100 Å². The predicted molar refractivity (Wildman–Crippen MR) is 64.9 cm³/mol. The third kappa shape index (κ3) is 4.51. The Kier molecular flexibility index (Phi) is 4.94. The van der Waals surface area contributed by atoms with Crippen molar-refractivity contribution in [3.05, 3.63) is 47.8 Å². The number of carbonyl (C=O) groups is 2. The Morgan fingerprint density at radius 3 is 2.65 bits per heavy atom. The second kappa shape index (κ2) is 6.48. The van der Waals surface area contributed by atoms with Crippen LogP contribution in [0.2, 0.25) is 0 Å². The lowest BCUT2D eigenvalue weighted by atomic mass is 10.1. The smallest absolute Gasteiger partial charge is 0.298 e. The first-order valence-corrected chi connectivity index (χ1v) is 5.31. The van der Waals surface area contributed by atoms with E-state index in [0.29, 0.717) is 17.8 Å². The third-order valence-electron chi connectivity index (χ3n) is 1.94. The molecule has 1 aliphatic rings. The van der Waals surface area contributed by atoms with Gasteiger partial charge in [-0.05, 0) is 38.2 Å². The van der Waals surface area contributed by atoms with Gasteiger partial charge in [0.15, 0.2) is 0 Å². The number of allylic oxidation sites excluding steroid dienone is 5. The van der Waals surface area contributed by atoms with Crippen molar-refractivity contribution in [2.75, 3.05) is 0 Å². The molecule has 0 aromatic carbocycles. The van der Waals surface area contributed by atoms with Crippen molar-refractivity contribution < 1.29 is 14.3 Å². The van der Waals surface area contributed by atoms with Gasteiger partial charge in [0.25, 0.3) is 12.4 Å². The first kappa shape index (κ1) is 13.0. The van der Waals surface area contributed by atoms with Crippen LogP contribution in [-0.4, -0.2) is 18.4 Å². The number of amides is 1. The van der Waals surface area contributed by atoms with Crippen LogP contribution in [-0.2, 0) is 14.3 Å². The molecule has 1 aliphatic carbocycles. The maximum Gasteiger partial charge on any atom is 0.298 e. The zero-order valence-electron chi connectivity index (χ0n) is 9.84. The van der Waals surface area contributed by atoms with Crippen LogP contribution in [0, 0.1) is 0 Å². The van der Waals surface area contributed by atoms with Gasteiger partial charge in [-0.25, -0.2) is 0 Å². The monoisotopic (exact) mass is 233 g/mol. The summed E-state index contributed by atoms with van der Waals surface area (Å²) in [6.45, 7) is 4.13. The summed E-state index contributed by atoms with van der Waals surface area (Å²) < 4.78 is 4.71. The number of hydrogen-bond acceptors (Lipinski definition) is 3. The van der Waals surface area contributed by atoms with Crippen molar-refractivity contribution in [3.63, 3.8) is 0 Å². The van der Waals surface area contributed by atoms with E-state index in [1.54, 1.807) is 36.5 Å². The number of nitrogens with one attached hydrogen (secondary N) is 1. The van der Waals surface area contributed by atoms with Crippen molar-refractivity contribution in [1.82, 2.24) is 5.32 Å². The SMILES string of the molecule is CC(C)NC(=O)C1=C/C=C\C=C(OC=O)/C=C\1. The molecule has 4 nitrogen and oxygen atoms in total. The molecule has 0 aromatic heterocycles. The molecule has 90 valence electrons. The molecular formula is C13H15NO3. The summed E-state index contributed by atoms with van der Waals surface area (Å²) in [6.07, 6.45) is 9.93. The highest BCUT2D eigenvalue weighted by molar-refractivity contribution is 5.96. The van der Waals surface area contributed by atoms with E-state index in [4.69, 9.17) is 4.74 Å². The van der Waals surface area contributed by atoms with Gasteiger partial charge in [-0.3, -0.25) is 9.59 Å². The second-order valence-electron chi connectivity index (χ2n) is 3.75. The molecule has 0 aliphatic heterocycles. The molecule has 0 atom stereocenters. The molecule has 0 aromatic rings. The fourth-order valence-corrected chi connectivity index (χ4v) is 1.22. The van der Waals surface area contributed by atoms with Crippen LogP contribution in [0.15, 0.2) is 47.8 Å². The maximum absolute atomic E-state index is 11.7. The van der Waals surface area contributed by atoms with Gasteiger partial charge < -0.3 is 10.1 Å². The van der Waals surface area contributed by atoms with Crippen LogP contribution in [0.3, 0.4) is 0 Å². The van der Waals surface area contributed by atoms with Crippen molar-refractivity contribution in [2.45, 2.75) is 19.9 Å². The number of carbonyl (C=O) groups excluding carboxylic acids is 2. The molecule has 0 saturated heterocycles. The van der Waals surface area contributed by atoms with Gasteiger partial charge in [-0.15, -0.1) is 0 Å². The molecule has 0 radical (unpaired) electrons. The molecule has 0 unspecified atom stereocenters. The zero-order valence-corrected chi connectivity index (χ0v) is 9.84. The maximum atomic E-state index is 11.7. The first-order chi connectivity index (χ1) is 8.13. The van der Waals surface area contributed by atoms with Crippen molar-refractivity contribution >= 4 is 12.4 Å². The minimum absolute atomic E-state index is 0.0763. The molecule has 1 N–H and O–H groups in total. The highest BCUT2D eigenvalue weighted by Crippen LogP contribution is 2.07. The predicted octanol–water partition coefficient (Wildman–Crippen LogP) is 1.62. The van der Waals surface area contributed by atoms with Gasteiger partial charge in [0.2, 0.25) is 0 Å². The van der Waals surface area contributed by atoms with Crippen molar-refractivity contribution in [1.29, 1.82) is 0 Å². The van der Waals surface area contributed by atoms with Crippen LogP contribution < -0.4 is 5.32 Å². The normalized spacial score (nSPS) is 24.4. The molecule has 0 spiro atoms. The Morgan fingerprint density at radius 2 is 2.00 bits per heavy atom. The Bertz CT molecular complexity index is 414. The van der Waals surface area contributed by atoms with E-state index in [9.17, 15) is 9.59 Å². The summed E-state index contributed by atoms with van der Waals surface area (Å²) in [4.78, 5) is 22.0. The van der Waals surface area contributed by atoms with Crippen LogP contribution in [0.5, 0.6) is 0 Å². The minimum Gasteiger partial charge on any atom is -0.429 e. The van der Waals surface area contributed by atoms with E-state index in [2.05, 4.69) is 5.32 Å². The van der Waals surface area contributed by atoms with Crippen molar-refractivity contribution in [3.8, 4) is 0 Å². The minimum atomic E-state index is -0.159. The summed E-state index contributed by atoms with van der Waals surface area (Å²) in [6, 6.07) is 0.0763. The number of hydrogen-bond donors (Lipinski definition) is 1. The van der Waals surface area contributed by atoms with Crippen LogP contribution >= 0.6 is 0 Å². The molecule has 17 heavy (non-hydrogen) atoms. The fourth-order valence-electron chi connectivity index (χ4n) is 1.22. The molecule has 4 heteroatoms. The molecular weight excluding hydrogens is 218 g/mol. The average Bonchev–Trinajstić information content (AvgIpc) is 2.21. The molecule has 0 fully saturated rings. The number of ether oxygens (including phenoxy) is 1. The molecule has 1 rings (SSSR count). The van der Waals surface area contributed by atoms with Gasteiger partial charge in [-0.2, -0.15) is 0 Å². The van der Waals surface area contributed by atoms with E-state index < -0.39 is 0 Å². The van der Waals surface area contributed by atoms with E-state index in [-0.39, 0.29) is 11.9 Å². The molecule has 0 heterocycles. The summed E-state index contributed by atoms with van der Waals surface area (Å²) in [7, 11) is 0. The van der Waals surface area contributed by atoms with Gasteiger partial charge in [0.1, 0.15) is 5.76 Å². The Morgan fingerprint density at radius 1 is 1.29 bits per heavy atom. The summed E-state index contributed by atoms with van der Waals surface area (Å²) in [5.41, 5.74) is 0.509. The van der Waals surface area contributed by atoms with Crippen LogP contribution in [0.1, 0.15) is 13.8 Å². The quantitative estimate of drug-likeness (QED) is 0.751. The van der Waals surface area contributed by atoms with Gasteiger partial charge in [0, 0.05) is 11.6 Å². The van der Waals surface area contributed by atoms with Crippen LogP contribution in [0.4, 0.5) is 0 Å². The standard InChI is InChI=1S/C13H15NO3/c1-10(2)14-13(16)11-5-3-4-6-12(8-7-11)17-9-15/h3-10H,1-2H3,(H,14,16)/b4-3-,5-3?,6-4?,8-7-,11-5+,11-7?,12-6+,12-8?. The fraction of sp³-hybridized carbons (Fsp3) is 0.231. The highest BCUT2D eigenvalue weighted by atomic mass is 16.5.